The monoisotopic (exact) mass is 216 g/mol. The van der Waals surface area contributed by atoms with E-state index in [1.54, 1.807) is 0 Å². The number of carbonyl (C=O) groups excluding carboxylic acids is 1. The summed E-state index contributed by atoms with van der Waals surface area (Å²) in [5.41, 5.74) is 1.98. The van der Waals surface area contributed by atoms with Crippen molar-refractivity contribution in [2.75, 3.05) is 0 Å². The number of hydrogen-bond donors (Lipinski definition) is 0. The minimum absolute atomic E-state index is 0.141. The molecule has 0 atom stereocenters. The number of Topliss-reactive ketones (excluding diaryl/α,β-unsaturated/α-hetero) is 1. The van der Waals surface area contributed by atoms with Crippen LogP contribution >= 0.6 is 0 Å². The fourth-order valence-corrected chi connectivity index (χ4v) is 1.43. The lowest BCUT2D eigenvalue weighted by Crippen LogP contribution is -2.01. The van der Waals surface area contributed by atoms with Crippen LogP contribution in [0.2, 0.25) is 0 Å². The van der Waals surface area contributed by atoms with Crippen molar-refractivity contribution in [3.8, 4) is 0 Å². The Balaban J connectivity index is 3.05. The summed E-state index contributed by atoms with van der Waals surface area (Å²) in [4.78, 5) is 11.7. The first-order chi connectivity index (χ1) is 7.44. The van der Waals surface area contributed by atoms with Crippen LogP contribution in [0.4, 0.5) is 0 Å². The van der Waals surface area contributed by atoms with Crippen LogP contribution in [-0.4, -0.2) is 5.78 Å². The van der Waals surface area contributed by atoms with Crippen LogP contribution in [0.5, 0.6) is 0 Å². The van der Waals surface area contributed by atoms with E-state index in [-0.39, 0.29) is 11.2 Å². The van der Waals surface area contributed by atoms with Gasteiger partial charge in [-0.1, -0.05) is 64.1 Å². The number of allylic oxidation sites excluding steroid dienone is 1. The average Bonchev–Trinajstić information content (AvgIpc) is 2.25. The maximum Gasteiger partial charge on any atom is 0.163 e. The Morgan fingerprint density at radius 1 is 1.25 bits per heavy atom. The second kappa shape index (κ2) is 5.11. The molecule has 0 saturated heterocycles. The van der Waals surface area contributed by atoms with Crippen molar-refractivity contribution >= 4 is 11.9 Å². The first-order valence-electron chi connectivity index (χ1n) is 5.75. The minimum atomic E-state index is 0.141. The normalized spacial score (nSPS) is 12.0. The predicted octanol–water partition coefficient (Wildman–Crippen LogP) is 4.34. The molecule has 86 valence electrons. The van der Waals surface area contributed by atoms with Crippen molar-refractivity contribution in [1.82, 2.24) is 0 Å². The molecule has 0 N–H and O–H groups in total. The van der Waals surface area contributed by atoms with E-state index in [1.165, 1.54) is 0 Å². The highest BCUT2D eigenvalue weighted by molar-refractivity contribution is 5.99. The molecule has 0 saturated carbocycles. The molecule has 0 radical (unpaired) electrons. The molecule has 1 rings (SSSR count). The van der Waals surface area contributed by atoms with Gasteiger partial charge in [0.15, 0.2) is 5.78 Å². The van der Waals surface area contributed by atoms with Crippen LogP contribution < -0.4 is 0 Å². The summed E-state index contributed by atoms with van der Waals surface area (Å²) < 4.78 is 0. The summed E-state index contributed by atoms with van der Waals surface area (Å²) in [6, 6.07) is 7.77. The summed E-state index contributed by atoms with van der Waals surface area (Å²) in [5, 5.41) is 0. The molecule has 0 heterocycles. The van der Waals surface area contributed by atoms with Crippen molar-refractivity contribution < 1.29 is 4.79 Å². The van der Waals surface area contributed by atoms with Crippen LogP contribution in [0.1, 0.15) is 50.0 Å². The van der Waals surface area contributed by atoms with E-state index in [0.29, 0.717) is 6.42 Å². The van der Waals surface area contributed by atoms with Gasteiger partial charge in [-0.05, 0) is 11.0 Å². The first kappa shape index (κ1) is 12.7. The molecule has 0 aromatic heterocycles. The molecule has 0 aliphatic heterocycles. The smallest absolute Gasteiger partial charge is 0.163 e. The molecular formula is C15H20O. The summed E-state index contributed by atoms with van der Waals surface area (Å²) in [6.45, 7) is 8.34. The van der Waals surface area contributed by atoms with E-state index in [4.69, 9.17) is 0 Å². The highest BCUT2D eigenvalue weighted by atomic mass is 16.1. The van der Waals surface area contributed by atoms with Gasteiger partial charge in [0, 0.05) is 12.0 Å². The zero-order chi connectivity index (χ0) is 12.2. The van der Waals surface area contributed by atoms with Crippen molar-refractivity contribution in [3.05, 3.63) is 41.5 Å². The van der Waals surface area contributed by atoms with Crippen molar-refractivity contribution in [2.45, 2.75) is 34.1 Å². The van der Waals surface area contributed by atoms with Crippen LogP contribution in [-0.2, 0) is 0 Å². The summed E-state index contributed by atoms with van der Waals surface area (Å²) in [6.07, 6.45) is 4.73. The quantitative estimate of drug-likeness (QED) is 0.687. The molecule has 0 fully saturated rings. The zero-order valence-electron chi connectivity index (χ0n) is 10.6. The van der Waals surface area contributed by atoms with Crippen LogP contribution in [0.3, 0.4) is 0 Å². The zero-order valence-corrected chi connectivity index (χ0v) is 10.6. The molecule has 16 heavy (non-hydrogen) atoms. The largest absolute Gasteiger partial charge is 0.294 e. The van der Waals surface area contributed by atoms with Gasteiger partial charge in [0.25, 0.3) is 0 Å². The fourth-order valence-electron chi connectivity index (χ4n) is 1.43. The highest BCUT2D eigenvalue weighted by Crippen LogP contribution is 2.19. The maximum atomic E-state index is 11.7. The lowest BCUT2D eigenvalue weighted by atomic mass is 9.93. The summed E-state index contributed by atoms with van der Waals surface area (Å²) in [7, 11) is 0. The molecule has 1 heteroatoms. The molecule has 0 aliphatic rings. The van der Waals surface area contributed by atoms with Gasteiger partial charge < -0.3 is 0 Å². The van der Waals surface area contributed by atoms with Gasteiger partial charge >= 0.3 is 0 Å². The topological polar surface area (TPSA) is 17.1 Å². The number of hydrogen-bond acceptors (Lipinski definition) is 1. The van der Waals surface area contributed by atoms with Crippen molar-refractivity contribution in [1.29, 1.82) is 0 Å². The van der Waals surface area contributed by atoms with Gasteiger partial charge in [0.05, 0.1) is 0 Å². The number of benzene rings is 1. The van der Waals surface area contributed by atoms with Crippen molar-refractivity contribution in [2.24, 2.45) is 5.41 Å². The lowest BCUT2D eigenvalue weighted by Gasteiger charge is -2.12. The van der Waals surface area contributed by atoms with E-state index < -0.39 is 0 Å². The SMILES string of the molecule is CCC(=O)c1ccccc1/C=C/C(C)(C)C. The Morgan fingerprint density at radius 2 is 1.88 bits per heavy atom. The molecule has 0 spiro atoms. The third-order valence-electron chi connectivity index (χ3n) is 2.35. The van der Waals surface area contributed by atoms with Crippen LogP contribution in [0.15, 0.2) is 30.3 Å². The summed E-state index contributed by atoms with van der Waals surface area (Å²) in [5.74, 6) is 0.203. The number of carbonyl (C=O) groups is 1. The van der Waals surface area contributed by atoms with E-state index >= 15 is 0 Å². The fraction of sp³-hybridized carbons (Fsp3) is 0.400. The predicted molar refractivity (Wildman–Crippen MR) is 69.6 cm³/mol. The Bertz CT molecular complexity index is 394. The Hall–Kier alpha value is -1.37. The third-order valence-corrected chi connectivity index (χ3v) is 2.35. The average molecular weight is 216 g/mol. The molecule has 1 nitrogen and oxygen atoms in total. The van der Waals surface area contributed by atoms with Crippen molar-refractivity contribution in [3.63, 3.8) is 0 Å². The minimum Gasteiger partial charge on any atom is -0.294 e. The third kappa shape index (κ3) is 3.65. The Morgan fingerprint density at radius 3 is 2.44 bits per heavy atom. The van der Waals surface area contributed by atoms with Gasteiger partial charge in [-0.2, -0.15) is 0 Å². The van der Waals surface area contributed by atoms with Crippen LogP contribution in [0.25, 0.3) is 6.08 Å². The van der Waals surface area contributed by atoms with E-state index in [1.807, 2.05) is 37.3 Å². The number of ketones is 1. The van der Waals surface area contributed by atoms with E-state index in [2.05, 4.69) is 26.8 Å². The molecule has 0 aliphatic carbocycles. The second-order valence-corrected chi connectivity index (χ2v) is 5.06. The lowest BCUT2D eigenvalue weighted by molar-refractivity contribution is 0.0988. The second-order valence-electron chi connectivity index (χ2n) is 5.06. The van der Waals surface area contributed by atoms with Crippen LogP contribution in [0, 0.1) is 5.41 Å². The first-order valence-corrected chi connectivity index (χ1v) is 5.75. The van der Waals surface area contributed by atoms with Gasteiger partial charge in [0.2, 0.25) is 0 Å². The standard InChI is InChI=1S/C15H20O/c1-5-14(16)13-9-7-6-8-12(13)10-11-15(2,3)4/h6-11H,5H2,1-4H3/b11-10+. The van der Waals surface area contributed by atoms with Gasteiger partial charge in [-0.15, -0.1) is 0 Å². The molecule has 1 aromatic rings. The van der Waals surface area contributed by atoms with Gasteiger partial charge in [-0.3, -0.25) is 4.79 Å². The molecular weight excluding hydrogens is 196 g/mol. The summed E-state index contributed by atoms with van der Waals surface area (Å²) >= 11 is 0. The van der Waals surface area contributed by atoms with E-state index in [9.17, 15) is 4.79 Å². The van der Waals surface area contributed by atoms with E-state index in [0.717, 1.165) is 11.1 Å². The Labute approximate surface area is 98.2 Å². The molecule has 1 aromatic carbocycles. The number of rotatable bonds is 3. The molecule has 0 bridgehead atoms. The highest BCUT2D eigenvalue weighted by Gasteiger charge is 2.08. The van der Waals surface area contributed by atoms with Gasteiger partial charge in [-0.25, -0.2) is 0 Å². The van der Waals surface area contributed by atoms with Gasteiger partial charge in [0.1, 0.15) is 0 Å². The molecule has 0 unspecified atom stereocenters. The maximum absolute atomic E-state index is 11.7. The Kier molecular flexibility index (Phi) is 4.05. The molecule has 0 amide bonds.